The van der Waals surface area contributed by atoms with E-state index in [0.717, 1.165) is 38.8 Å². The molecule has 0 radical (unpaired) electrons. The van der Waals surface area contributed by atoms with Crippen LogP contribution in [0.2, 0.25) is 0 Å². The third-order valence-electron chi connectivity index (χ3n) is 3.41. The Balaban J connectivity index is 0.00000289. The molecule has 18 heavy (non-hydrogen) atoms. The Hall–Kier alpha value is 0.160. The molecule has 0 aromatic carbocycles. The third-order valence-corrected chi connectivity index (χ3v) is 5.36. The Kier molecular flexibility index (Phi) is 9.21. The van der Waals surface area contributed by atoms with E-state index < -0.39 is 10.0 Å². The summed E-state index contributed by atoms with van der Waals surface area (Å²) < 4.78 is 25.6. The normalized spacial score (nSPS) is 18.6. The van der Waals surface area contributed by atoms with Gasteiger partial charge in [0.1, 0.15) is 0 Å². The monoisotopic (exact) mass is 298 g/mol. The summed E-state index contributed by atoms with van der Waals surface area (Å²) in [5.74, 6) is 0.967. The maximum absolute atomic E-state index is 12.0. The van der Waals surface area contributed by atoms with Gasteiger partial charge in [0.05, 0.1) is 5.75 Å². The molecule has 1 aliphatic rings. The minimum absolute atomic E-state index is 0. The van der Waals surface area contributed by atoms with Crippen LogP contribution in [0.5, 0.6) is 0 Å². The summed E-state index contributed by atoms with van der Waals surface area (Å²) in [5.41, 5.74) is 0. The van der Waals surface area contributed by atoms with Crippen molar-refractivity contribution in [3.63, 3.8) is 0 Å². The van der Waals surface area contributed by atoms with E-state index in [1.807, 2.05) is 6.92 Å². The van der Waals surface area contributed by atoms with E-state index >= 15 is 0 Å². The molecule has 0 aliphatic carbocycles. The lowest BCUT2D eigenvalue weighted by Crippen LogP contribution is -2.41. The number of unbranched alkanes of at least 4 members (excludes halogenated alkanes) is 1. The second kappa shape index (κ2) is 9.13. The molecule has 0 aromatic heterocycles. The van der Waals surface area contributed by atoms with Gasteiger partial charge in [-0.15, -0.1) is 12.4 Å². The lowest BCUT2D eigenvalue weighted by molar-refractivity contribution is 0.268. The second-order valence-corrected chi connectivity index (χ2v) is 6.91. The number of sulfonamides is 1. The van der Waals surface area contributed by atoms with Gasteiger partial charge in [-0.25, -0.2) is 12.7 Å². The molecule has 0 saturated carbocycles. The van der Waals surface area contributed by atoms with Gasteiger partial charge >= 0.3 is 0 Å². The molecule has 0 aromatic rings. The zero-order valence-electron chi connectivity index (χ0n) is 11.5. The topological polar surface area (TPSA) is 49.4 Å². The SMILES string of the molecule is CCCCS(=O)(=O)N1CCC(CNCC)CC1.Cl. The third kappa shape index (κ3) is 5.87. The standard InChI is InChI=1S/C12H26N2O2S.ClH/c1-3-5-10-17(15,16)14-8-6-12(7-9-14)11-13-4-2;/h12-13H,3-11H2,1-2H3;1H. The number of nitrogens with zero attached hydrogens (tertiary/aromatic N) is 1. The fourth-order valence-electron chi connectivity index (χ4n) is 2.20. The predicted octanol–water partition coefficient (Wildman–Crippen LogP) is 1.86. The van der Waals surface area contributed by atoms with E-state index in [1.54, 1.807) is 4.31 Å². The maximum atomic E-state index is 12.0. The quantitative estimate of drug-likeness (QED) is 0.780. The Labute approximate surface area is 118 Å². The van der Waals surface area contributed by atoms with Crippen LogP contribution in [0.25, 0.3) is 0 Å². The average molecular weight is 299 g/mol. The van der Waals surface area contributed by atoms with Gasteiger partial charge in [0.25, 0.3) is 0 Å². The molecule has 1 aliphatic heterocycles. The molecule has 0 amide bonds. The molecule has 0 bridgehead atoms. The Morgan fingerprint density at radius 3 is 2.33 bits per heavy atom. The molecule has 6 heteroatoms. The lowest BCUT2D eigenvalue weighted by atomic mass is 9.98. The van der Waals surface area contributed by atoms with Crippen molar-refractivity contribution in [1.29, 1.82) is 0 Å². The summed E-state index contributed by atoms with van der Waals surface area (Å²) in [5, 5.41) is 3.34. The minimum atomic E-state index is -2.98. The van der Waals surface area contributed by atoms with E-state index in [9.17, 15) is 8.42 Å². The van der Waals surface area contributed by atoms with Crippen molar-refractivity contribution in [2.75, 3.05) is 31.9 Å². The summed E-state index contributed by atoms with van der Waals surface area (Å²) >= 11 is 0. The summed E-state index contributed by atoms with van der Waals surface area (Å²) in [4.78, 5) is 0. The molecule has 1 saturated heterocycles. The van der Waals surface area contributed by atoms with Gasteiger partial charge in [0.2, 0.25) is 10.0 Å². The summed E-state index contributed by atoms with van der Waals surface area (Å²) in [6, 6.07) is 0. The van der Waals surface area contributed by atoms with Gasteiger partial charge in [-0.2, -0.15) is 0 Å². The molecule has 1 rings (SSSR count). The van der Waals surface area contributed by atoms with Crippen molar-refractivity contribution >= 4 is 22.4 Å². The van der Waals surface area contributed by atoms with Gasteiger partial charge in [0, 0.05) is 13.1 Å². The summed E-state index contributed by atoms with van der Waals surface area (Å²) in [6.07, 6.45) is 3.71. The molecular weight excluding hydrogens is 272 g/mol. The summed E-state index contributed by atoms with van der Waals surface area (Å²) in [6.45, 7) is 7.57. The van der Waals surface area contributed by atoms with Crippen LogP contribution < -0.4 is 5.32 Å². The van der Waals surface area contributed by atoms with E-state index in [1.165, 1.54) is 0 Å². The fraction of sp³-hybridized carbons (Fsp3) is 1.00. The van der Waals surface area contributed by atoms with Crippen molar-refractivity contribution in [1.82, 2.24) is 9.62 Å². The predicted molar refractivity (Wildman–Crippen MR) is 78.8 cm³/mol. The van der Waals surface area contributed by atoms with Gasteiger partial charge < -0.3 is 5.32 Å². The largest absolute Gasteiger partial charge is 0.317 e. The van der Waals surface area contributed by atoms with Crippen LogP contribution in [0.4, 0.5) is 0 Å². The highest BCUT2D eigenvalue weighted by atomic mass is 35.5. The van der Waals surface area contributed by atoms with Gasteiger partial charge in [-0.3, -0.25) is 0 Å². The summed E-state index contributed by atoms with van der Waals surface area (Å²) in [7, 11) is -2.98. The molecule has 0 atom stereocenters. The Bertz CT molecular complexity index is 301. The van der Waals surface area contributed by atoms with E-state index in [4.69, 9.17) is 0 Å². The molecular formula is C12H27ClN2O2S. The van der Waals surface area contributed by atoms with Crippen molar-refractivity contribution in [3.05, 3.63) is 0 Å². The van der Waals surface area contributed by atoms with Crippen LogP contribution in [-0.4, -0.2) is 44.7 Å². The zero-order chi connectivity index (χ0) is 12.7. The fourth-order valence-corrected chi connectivity index (χ4v) is 3.87. The van der Waals surface area contributed by atoms with Crippen molar-refractivity contribution in [2.24, 2.45) is 5.92 Å². The molecule has 110 valence electrons. The Morgan fingerprint density at radius 2 is 1.83 bits per heavy atom. The lowest BCUT2D eigenvalue weighted by Gasteiger charge is -2.31. The number of piperidine rings is 1. The first-order valence-corrected chi connectivity index (χ1v) is 8.39. The van der Waals surface area contributed by atoms with Crippen molar-refractivity contribution in [3.8, 4) is 0 Å². The van der Waals surface area contributed by atoms with Crippen LogP contribution in [0, 0.1) is 5.92 Å². The molecule has 1 N–H and O–H groups in total. The first-order chi connectivity index (χ1) is 8.10. The van der Waals surface area contributed by atoms with Crippen LogP contribution >= 0.6 is 12.4 Å². The van der Waals surface area contributed by atoms with Crippen LogP contribution in [0.1, 0.15) is 39.5 Å². The smallest absolute Gasteiger partial charge is 0.214 e. The maximum Gasteiger partial charge on any atom is 0.214 e. The first-order valence-electron chi connectivity index (χ1n) is 6.78. The zero-order valence-corrected chi connectivity index (χ0v) is 13.2. The number of hydrogen-bond acceptors (Lipinski definition) is 3. The highest BCUT2D eigenvalue weighted by Gasteiger charge is 2.26. The van der Waals surface area contributed by atoms with Crippen LogP contribution in [0.15, 0.2) is 0 Å². The first kappa shape index (κ1) is 18.2. The van der Waals surface area contributed by atoms with Crippen LogP contribution in [-0.2, 0) is 10.0 Å². The van der Waals surface area contributed by atoms with Crippen LogP contribution in [0.3, 0.4) is 0 Å². The van der Waals surface area contributed by atoms with Gasteiger partial charge in [-0.1, -0.05) is 20.3 Å². The van der Waals surface area contributed by atoms with Crippen molar-refractivity contribution < 1.29 is 8.42 Å². The number of nitrogens with one attached hydrogen (secondary N) is 1. The number of rotatable bonds is 7. The molecule has 0 unspecified atom stereocenters. The molecule has 0 spiro atoms. The van der Waals surface area contributed by atoms with Gasteiger partial charge in [-0.05, 0) is 38.3 Å². The average Bonchev–Trinajstić information content (AvgIpc) is 2.34. The number of halogens is 1. The second-order valence-electron chi connectivity index (χ2n) is 4.82. The highest BCUT2D eigenvalue weighted by molar-refractivity contribution is 7.89. The van der Waals surface area contributed by atoms with Gasteiger partial charge in [0.15, 0.2) is 0 Å². The minimum Gasteiger partial charge on any atom is -0.317 e. The molecule has 1 fully saturated rings. The van der Waals surface area contributed by atoms with Crippen molar-refractivity contribution in [2.45, 2.75) is 39.5 Å². The van der Waals surface area contributed by atoms with E-state index in [-0.39, 0.29) is 12.4 Å². The van der Waals surface area contributed by atoms with E-state index in [2.05, 4.69) is 12.2 Å². The highest BCUT2D eigenvalue weighted by Crippen LogP contribution is 2.19. The molecule has 1 heterocycles. The Morgan fingerprint density at radius 1 is 1.22 bits per heavy atom. The van der Waals surface area contributed by atoms with E-state index in [0.29, 0.717) is 24.8 Å². The number of hydrogen-bond donors (Lipinski definition) is 1. The molecule has 4 nitrogen and oxygen atoms in total.